The highest BCUT2D eigenvalue weighted by Gasteiger charge is 2.13. The van der Waals surface area contributed by atoms with Gasteiger partial charge in [0.1, 0.15) is 11.8 Å². The van der Waals surface area contributed by atoms with Gasteiger partial charge >= 0.3 is 0 Å². The van der Waals surface area contributed by atoms with Crippen molar-refractivity contribution in [1.29, 1.82) is 10.5 Å². The topological polar surface area (TPSA) is 60.5 Å². The second-order valence-electron chi connectivity index (χ2n) is 2.52. The highest BCUT2D eigenvalue weighted by atomic mass is 19.3. The van der Waals surface area contributed by atoms with Gasteiger partial charge in [-0.05, 0) is 11.6 Å². The van der Waals surface area contributed by atoms with E-state index in [-0.39, 0.29) is 23.2 Å². The molecule has 0 saturated heterocycles. The fourth-order valence-corrected chi connectivity index (χ4v) is 1.00. The maximum atomic E-state index is 12.4. The van der Waals surface area contributed by atoms with E-state index in [9.17, 15) is 8.78 Å². The Kier molecular flexibility index (Phi) is 3.09. The van der Waals surface area contributed by atoms with E-state index in [2.05, 4.69) is 4.98 Å². The van der Waals surface area contributed by atoms with Gasteiger partial charge in [0.2, 0.25) is 0 Å². The lowest BCUT2D eigenvalue weighted by molar-refractivity contribution is 0.150. The SMILES string of the molecule is N#CCc1cc(C#N)ncc1C(F)F. The fourth-order valence-electron chi connectivity index (χ4n) is 1.00. The van der Waals surface area contributed by atoms with Crippen molar-refractivity contribution in [3.63, 3.8) is 0 Å². The largest absolute Gasteiger partial charge is 0.265 e. The van der Waals surface area contributed by atoms with Crippen LogP contribution in [0.25, 0.3) is 0 Å². The summed E-state index contributed by atoms with van der Waals surface area (Å²) < 4.78 is 24.7. The third kappa shape index (κ3) is 2.02. The predicted molar refractivity (Wildman–Crippen MR) is 43.2 cm³/mol. The van der Waals surface area contributed by atoms with Gasteiger partial charge in [0.05, 0.1) is 12.5 Å². The smallest absolute Gasteiger partial charge is 0.245 e. The minimum absolute atomic E-state index is 0.0413. The molecular formula is C9H5F2N3. The second-order valence-corrected chi connectivity index (χ2v) is 2.52. The molecule has 3 nitrogen and oxygen atoms in total. The van der Waals surface area contributed by atoms with Crippen LogP contribution >= 0.6 is 0 Å². The van der Waals surface area contributed by atoms with E-state index >= 15 is 0 Å². The van der Waals surface area contributed by atoms with Gasteiger partial charge in [-0.25, -0.2) is 13.8 Å². The number of rotatable bonds is 2. The molecule has 0 spiro atoms. The monoisotopic (exact) mass is 193 g/mol. The maximum absolute atomic E-state index is 12.4. The summed E-state index contributed by atoms with van der Waals surface area (Å²) in [5, 5.41) is 16.9. The standard InChI is InChI=1S/C9H5F2N3/c10-9(11)8-5-14-7(4-13)3-6(8)1-2-12/h3,5,9H,1H2. The lowest BCUT2D eigenvalue weighted by Gasteiger charge is -2.04. The van der Waals surface area contributed by atoms with Crippen LogP contribution in [0.2, 0.25) is 0 Å². The van der Waals surface area contributed by atoms with Gasteiger partial charge in [0, 0.05) is 11.8 Å². The van der Waals surface area contributed by atoms with Crippen LogP contribution in [-0.4, -0.2) is 4.98 Å². The molecule has 0 fully saturated rings. The quantitative estimate of drug-likeness (QED) is 0.721. The van der Waals surface area contributed by atoms with Gasteiger partial charge in [-0.15, -0.1) is 0 Å². The summed E-state index contributed by atoms with van der Waals surface area (Å²) in [4.78, 5) is 3.51. The lowest BCUT2D eigenvalue weighted by Crippen LogP contribution is -1.97. The molecule has 0 aliphatic rings. The van der Waals surface area contributed by atoms with Crippen LogP contribution in [0, 0.1) is 22.7 Å². The highest BCUT2D eigenvalue weighted by molar-refractivity contribution is 5.34. The first-order chi connectivity index (χ1) is 6.69. The van der Waals surface area contributed by atoms with Gasteiger partial charge in [-0.2, -0.15) is 10.5 Å². The average Bonchev–Trinajstić information content (AvgIpc) is 2.17. The molecule has 0 saturated carbocycles. The van der Waals surface area contributed by atoms with E-state index in [4.69, 9.17) is 10.5 Å². The van der Waals surface area contributed by atoms with Crippen LogP contribution in [0.5, 0.6) is 0 Å². The molecule has 14 heavy (non-hydrogen) atoms. The van der Waals surface area contributed by atoms with E-state index in [1.165, 1.54) is 6.07 Å². The third-order valence-electron chi connectivity index (χ3n) is 1.64. The molecule has 0 radical (unpaired) electrons. The molecule has 1 heterocycles. The van der Waals surface area contributed by atoms with Crippen LogP contribution in [0.4, 0.5) is 8.78 Å². The van der Waals surface area contributed by atoms with Crippen molar-refractivity contribution in [2.75, 3.05) is 0 Å². The molecule has 0 bridgehead atoms. The van der Waals surface area contributed by atoms with Gasteiger partial charge in [0.25, 0.3) is 6.43 Å². The Labute approximate surface area is 79.2 Å². The number of halogens is 2. The Morgan fingerprint density at radius 3 is 2.64 bits per heavy atom. The number of nitriles is 2. The first-order valence-electron chi connectivity index (χ1n) is 3.73. The summed E-state index contributed by atoms with van der Waals surface area (Å²) in [5.74, 6) is 0. The number of aromatic nitrogens is 1. The molecule has 70 valence electrons. The molecular weight excluding hydrogens is 188 g/mol. The summed E-state index contributed by atoms with van der Waals surface area (Å²) in [6.07, 6.45) is -1.87. The van der Waals surface area contributed by atoms with Crippen LogP contribution < -0.4 is 0 Å². The lowest BCUT2D eigenvalue weighted by atomic mass is 10.1. The zero-order valence-electron chi connectivity index (χ0n) is 7.04. The molecule has 0 amide bonds. The number of hydrogen-bond donors (Lipinski definition) is 0. The van der Waals surface area contributed by atoms with Crippen molar-refractivity contribution >= 4 is 0 Å². The van der Waals surface area contributed by atoms with Crippen molar-refractivity contribution in [2.24, 2.45) is 0 Å². The number of hydrogen-bond acceptors (Lipinski definition) is 3. The average molecular weight is 193 g/mol. The zero-order chi connectivity index (χ0) is 10.6. The number of pyridine rings is 1. The number of alkyl halides is 2. The van der Waals surface area contributed by atoms with Gasteiger partial charge in [-0.1, -0.05) is 0 Å². The van der Waals surface area contributed by atoms with Crippen LogP contribution in [-0.2, 0) is 6.42 Å². The molecule has 1 rings (SSSR count). The Bertz CT molecular complexity index is 415. The van der Waals surface area contributed by atoms with Crippen molar-refractivity contribution in [2.45, 2.75) is 12.8 Å². The Morgan fingerprint density at radius 2 is 2.14 bits per heavy atom. The zero-order valence-corrected chi connectivity index (χ0v) is 7.04. The first kappa shape index (κ1) is 10.1. The summed E-state index contributed by atoms with van der Waals surface area (Å²) in [6, 6.07) is 4.70. The predicted octanol–water partition coefficient (Wildman–Crippen LogP) is 1.96. The summed E-state index contributed by atoms with van der Waals surface area (Å²) in [6.45, 7) is 0. The Morgan fingerprint density at radius 1 is 1.43 bits per heavy atom. The van der Waals surface area contributed by atoms with Crippen LogP contribution in [0.15, 0.2) is 12.3 Å². The van der Waals surface area contributed by atoms with E-state index in [1.54, 1.807) is 12.1 Å². The second kappa shape index (κ2) is 4.29. The van der Waals surface area contributed by atoms with Crippen molar-refractivity contribution in [1.82, 2.24) is 4.98 Å². The summed E-state index contributed by atoms with van der Waals surface area (Å²) >= 11 is 0. The maximum Gasteiger partial charge on any atom is 0.265 e. The molecule has 0 aliphatic heterocycles. The van der Waals surface area contributed by atoms with Gasteiger partial charge in [0.15, 0.2) is 0 Å². The number of nitrogens with zero attached hydrogens (tertiary/aromatic N) is 3. The highest BCUT2D eigenvalue weighted by Crippen LogP contribution is 2.22. The van der Waals surface area contributed by atoms with E-state index in [0.717, 1.165) is 6.20 Å². The van der Waals surface area contributed by atoms with E-state index in [1.807, 2.05) is 0 Å². The first-order valence-corrected chi connectivity index (χ1v) is 3.73. The Balaban J connectivity index is 3.20. The molecule has 0 unspecified atom stereocenters. The molecule has 1 aromatic heterocycles. The van der Waals surface area contributed by atoms with Crippen molar-refractivity contribution in [3.8, 4) is 12.1 Å². The molecule has 0 aromatic carbocycles. The van der Waals surface area contributed by atoms with Gasteiger partial charge < -0.3 is 0 Å². The molecule has 1 aromatic rings. The third-order valence-corrected chi connectivity index (χ3v) is 1.64. The van der Waals surface area contributed by atoms with E-state index in [0.29, 0.717) is 0 Å². The fraction of sp³-hybridized carbons (Fsp3) is 0.222. The van der Waals surface area contributed by atoms with Crippen LogP contribution in [0.3, 0.4) is 0 Å². The molecule has 0 N–H and O–H groups in total. The van der Waals surface area contributed by atoms with E-state index < -0.39 is 6.43 Å². The minimum Gasteiger partial charge on any atom is -0.245 e. The normalized spacial score (nSPS) is 9.50. The molecule has 5 heteroatoms. The minimum atomic E-state index is -2.67. The Hall–Kier alpha value is -2.01. The molecule has 0 atom stereocenters. The van der Waals surface area contributed by atoms with Crippen molar-refractivity contribution in [3.05, 3.63) is 29.1 Å². The molecule has 0 aliphatic carbocycles. The van der Waals surface area contributed by atoms with Crippen molar-refractivity contribution < 1.29 is 8.78 Å². The summed E-state index contributed by atoms with van der Waals surface area (Å²) in [5.41, 5.74) is -0.0840. The summed E-state index contributed by atoms with van der Waals surface area (Å²) in [7, 11) is 0. The van der Waals surface area contributed by atoms with Crippen LogP contribution in [0.1, 0.15) is 23.2 Å². The van der Waals surface area contributed by atoms with Gasteiger partial charge in [-0.3, -0.25) is 0 Å².